The van der Waals surface area contributed by atoms with Gasteiger partial charge in [0.25, 0.3) is 0 Å². The highest BCUT2D eigenvalue weighted by molar-refractivity contribution is 7.85. The monoisotopic (exact) mass is 345 g/mol. The summed E-state index contributed by atoms with van der Waals surface area (Å²) in [5, 5.41) is 2.17. The Morgan fingerprint density at radius 3 is 2.83 bits per heavy atom. The number of amides is 1. The summed E-state index contributed by atoms with van der Waals surface area (Å²) in [5.41, 5.74) is 1.00. The molecule has 3 unspecified atom stereocenters. The zero-order valence-electron chi connectivity index (χ0n) is 14.3. The smallest absolute Gasteiger partial charge is 0.227 e. The van der Waals surface area contributed by atoms with E-state index in [-0.39, 0.29) is 17.2 Å². The topological polar surface area (TPSA) is 46.6 Å². The normalized spacial score (nSPS) is 24.1. The number of nitrogens with zero attached hydrogens (tertiary/aromatic N) is 1. The molecule has 1 aliphatic heterocycles. The van der Waals surface area contributed by atoms with Crippen molar-refractivity contribution in [2.24, 2.45) is 0 Å². The third-order valence-electron chi connectivity index (χ3n) is 4.96. The first-order chi connectivity index (χ1) is 11.5. The van der Waals surface area contributed by atoms with E-state index in [0.717, 1.165) is 22.1 Å². The van der Waals surface area contributed by atoms with Crippen molar-refractivity contribution in [3.63, 3.8) is 0 Å². The molecule has 128 valence electrons. The Balaban J connectivity index is 1.87. The Morgan fingerprint density at radius 1 is 1.29 bits per heavy atom. The molecule has 1 saturated heterocycles. The van der Waals surface area contributed by atoms with Gasteiger partial charge in [-0.1, -0.05) is 24.3 Å². The van der Waals surface area contributed by atoms with Crippen LogP contribution in [0, 0.1) is 0 Å². The Kier molecular flexibility index (Phi) is 4.90. The quantitative estimate of drug-likeness (QED) is 0.859. The van der Waals surface area contributed by atoms with Gasteiger partial charge in [-0.15, -0.1) is 0 Å². The summed E-state index contributed by atoms with van der Waals surface area (Å²) in [7, 11) is 0.809. The van der Waals surface area contributed by atoms with Crippen LogP contribution in [0.4, 0.5) is 0 Å². The summed E-state index contributed by atoms with van der Waals surface area (Å²) in [5.74, 6) is 1.46. The Labute approximate surface area is 145 Å². The van der Waals surface area contributed by atoms with Crippen LogP contribution < -0.4 is 4.74 Å². The second-order valence-corrected chi connectivity index (χ2v) is 8.21. The van der Waals surface area contributed by atoms with Gasteiger partial charge >= 0.3 is 0 Å². The van der Waals surface area contributed by atoms with Crippen molar-refractivity contribution in [2.75, 3.05) is 19.4 Å². The molecular weight excluding hydrogens is 322 g/mol. The lowest BCUT2D eigenvalue weighted by atomic mass is 10.0. The molecule has 0 bridgehead atoms. The van der Waals surface area contributed by atoms with Crippen molar-refractivity contribution >= 4 is 27.5 Å². The van der Waals surface area contributed by atoms with Crippen LogP contribution in [-0.4, -0.2) is 45.7 Å². The predicted octanol–water partition coefficient (Wildman–Crippen LogP) is 2.76. The Bertz CT molecular complexity index is 789. The molecule has 24 heavy (non-hydrogen) atoms. The minimum Gasteiger partial charge on any atom is -0.497 e. The van der Waals surface area contributed by atoms with Crippen LogP contribution in [0.2, 0.25) is 0 Å². The first-order valence-electron chi connectivity index (χ1n) is 8.23. The fraction of sp³-hybridized carbons (Fsp3) is 0.421. The summed E-state index contributed by atoms with van der Waals surface area (Å²) >= 11 is 0. The molecule has 1 heterocycles. The number of ether oxygens (including phenoxy) is 1. The van der Waals surface area contributed by atoms with E-state index >= 15 is 0 Å². The van der Waals surface area contributed by atoms with Crippen LogP contribution in [0.15, 0.2) is 36.4 Å². The second-order valence-electron chi connectivity index (χ2n) is 6.30. The van der Waals surface area contributed by atoms with Gasteiger partial charge in [0.15, 0.2) is 0 Å². The minimum absolute atomic E-state index is 0.0107. The molecule has 1 amide bonds. The van der Waals surface area contributed by atoms with Gasteiger partial charge < -0.3 is 9.64 Å². The first kappa shape index (κ1) is 17.0. The van der Waals surface area contributed by atoms with Gasteiger partial charge in [-0.05, 0) is 42.3 Å². The minimum atomic E-state index is -0.836. The van der Waals surface area contributed by atoms with E-state index in [1.165, 1.54) is 0 Å². The molecule has 0 saturated carbocycles. The van der Waals surface area contributed by atoms with Gasteiger partial charge in [-0.2, -0.15) is 0 Å². The number of hydrogen-bond donors (Lipinski definition) is 0. The van der Waals surface area contributed by atoms with Crippen LogP contribution in [0.5, 0.6) is 5.75 Å². The molecular formula is C19H23NO3S. The molecule has 0 spiro atoms. The maximum absolute atomic E-state index is 12.8. The van der Waals surface area contributed by atoms with Crippen molar-refractivity contribution in [3.8, 4) is 5.75 Å². The summed E-state index contributed by atoms with van der Waals surface area (Å²) in [6.45, 7) is 4.53. The summed E-state index contributed by atoms with van der Waals surface area (Å²) in [4.78, 5) is 14.7. The summed E-state index contributed by atoms with van der Waals surface area (Å²) < 4.78 is 17.2. The van der Waals surface area contributed by atoms with Crippen LogP contribution in [0.3, 0.4) is 0 Å². The molecule has 3 atom stereocenters. The lowest BCUT2D eigenvalue weighted by Gasteiger charge is -2.37. The van der Waals surface area contributed by atoms with Gasteiger partial charge in [0.1, 0.15) is 5.75 Å². The highest BCUT2D eigenvalue weighted by Gasteiger charge is 2.32. The molecule has 2 aromatic carbocycles. The number of rotatable bonds is 3. The van der Waals surface area contributed by atoms with Crippen LogP contribution in [0.25, 0.3) is 10.8 Å². The molecule has 0 aliphatic carbocycles. The maximum atomic E-state index is 12.8. The fourth-order valence-corrected chi connectivity index (χ4v) is 4.60. The van der Waals surface area contributed by atoms with Crippen LogP contribution >= 0.6 is 0 Å². The lowest BCUT2D eigenvalue weighted by Crippen LogP contribution is -2.52. The third kappa shape index (κ3) is 3.18. The van der Waals surface area contributed by atoms with Gasteiger partial charge in [0.05, 0.1) is 18.8 Å². The number of methoxy groups -OCH3 is 1. The standard InChI is InChI=1S/C19H23NO3S/c1-13-14(2)24(22)10-9-20(13)19(21)11-16-6-4-5-15-7-8-17(23-3)12-18(15)16/h4-8,12-14H,9-11H2,1-3H3. The number of carbonyl (C=O) groups excluding carboxylic acids is 1. The molecule has 0 N–H and O–H groups in total. The Hall–Kier alpha value is -1.88. The average Bonchev–Trinajstić information content (AvgIpc) is 2.59. The first-order valence-corrected chi connectivity index (χ1v) is 9.61. The lowest BCUT2D eigenvalue weighted by molar-refractivity contribution is -0.132. The summed E-state index contributed by atoms with van der Waals surface area (Å²) in [6.07, 6.45) is 0.355. The zero-order chi connectivity index (χ0) is 17.3. The number of hydrogen-bond acceptors (Lipinski definition) is 3. The summed E-state index contributed by atoms with van der Waals surface area (Å²) in [6, 6.07) is 11.9. The van der Waals surface area contributed by atoms with Gasteiger partial charge in [0, 0.05) is 29.1 Å². The highest BCUT2D eigenvalue weighted by atomic mass is 32.2. The molecule has 4 nitrogen and oxygen atoms in total. The Morgan fingerprint density at radius 2 is 2.08 bits per heavy atom. The SMILES string of the molecule is COc1ccc2cccc(CC(=O)N3CCS(=O)C(C)C3C)c2c1. The number of fused-ring (bicyclic) bond motifs is 1. The van der Waals surface area contributed by atoms with Crippen molar-refractivity contribution in [1.82, 2.24) is 4.90 Å². The fourth-order valence-electron chi connectivity index (χ4n) is 3.26. The molecule has 2 aromatic rings. The van der Waals surface area contributed by atoms with E-state index in [0.29, 0.717) is 18.7 Å². The average molecular weight is 345 g/mol. The van der Waals surface area contributed by atoms with Crippen molar-refractivity contribution in [2.45, 2.75) is 31.6 Å². The molecule has 1 fully saturated rings. The number of carbonyl (C=O) groups is 1. The second kappa shape index (κ2) is 6.93. The van der Waals surface area contributed by atoms with Crippen LogP contribution in [-0.2, 0) is 22.0 Å². The van der Waals surface area contributed by atoms with Gasteiger partial charge in [-0.3, -0.25) is 9.00 Å². The van der Waals surface area contributed by atoms with Gasteiger partial charge in [-0.25, -0.2) is 0 Å². The van der Waals surface area contributed by atoms with E-state index in [2.05, 4.69) is 0 Å². The maximum Gasteiger partial charge on any atom is 0.227 e. The molecule has 3 rings (SSSR count). The van der Waals surface area contributed by atoms with Crippen LogP contribution in [0.1, 0.15) is 19.4 Å². The zero-order valence-corrected chi connectivity index (χ0v) is 15.1. The van der Waals surface area contributed by atoms with E-state index < -0.39 is 10.8 Å². The third-order valence-corrected chi connectivity index (χ3v) is 6.77. The van der Waals surface area contributed by atoms with Crippen molar-refractivity contribution in [3.05, 3.63) is 42.0 Å². The van der Waals surface area contributed by atoms with Crippen molar-refractivity contribution < 1.29 is 13.7 Å². The predicted molar refractivity (Wildman–Crippen MR) is 97.9 cm³/mol. The molecule has 5 heteroatoms. The van der Waals surface area contributed by atoms with E-state index in [9.17, 15) is 9.00 Å². The van der Waals surface area contributed by atoms with E-state index in [4.69, 9.17) is 4.74 Å². The van der Waals surface area contributed by atoms with Crippen molar-refractivity contribution in [1.29, 1.82) is 0 Å². The largest absolute Gasteiger partial charge is 0.497 e. The highest BCUT2D eigenvalue weighted by Crippen LogP contribution is 2.25. The van der Waals surface area contributed by atoms with E-state index in [1.807, 2.05) is 55.1 Å². The molecule has 0 radical (unpaired) electrons. The van der Waals surface area contributed by atoms with Gasteiger partial charge in [0.2, 0.25) is 5.91 Å². The van der Waals surface area contributed by atoms with E-state index in [1.54, 1.807) is 7.11 Å². The molecule has 1 aliphatic rings. The number of benzene rings is 2. The molecule has 0 aromatic heterocycles.